The van der Waals surface area contributed by atoms with Crippen LogP contribution in [0.4, 0.5) is 10.5 Å². The maximum Gasteiger partial charge on any atom is 0.294 e. The minimum Gasteiger partial charge on any atom is -0.457 e. The molecule has 0 aliphatic carbocycles. The molecule has 9 nitrogen and oxygen atoms in total. The van der Waals surface area contributed by atoms with Crippen LogP contribution in [0.25, 0.3) is 17.4 Å². The number of carbonyl (C=O) groups is 3. The first kappa shape index (κ1) is 21.3. The van der Waals surface area contributed by atoms with Gasteiger partial charge in [-0.25, -0.2) is 0 Å². The van der Waals surface area contributed by atoms with E-state index in [4.69, 9.17) is 4.42 Å². The zero-order chi connectivity index (χ0) is 22.1. The number of hydrogen-bond donors (Lipinski definition) is 0. The summed E-state index contributed by atoms with van der Waals surface area (Å²) in [6.07, 6.45) is 3.31. The fourth-order valence-corrected chi connectivity index (χ4v) is 4.74. The molecule has 1 aromatic carbocycles. The molecule has 31 heavy (non-hydrogen) atoms. The number of rotatable bonds is 5. The number of likely N-dealkylation sites (tertiary alicyclic amines) is 1. The topological polar surface area (TPSA) is 114 Å². The van der Waals surface area contributed by atoms with Gasteiger partial charge in [0.25, 0.3) is 16.8 Å². The van der Waals surface area contributed by atoms with Crippen LogP contribution in [-0.4, -0.2) is 51.4 Å². The first-order valence-corrected chi connectivity index (χ1v) is 11.0. The molecule has 0 bridgehead atoms. The van der Waals surface area contributed by atoms with Crippen LogP contribution in [0.2, 0.25) is 0 Å². The Bertz CT molecular complexity index is 1120. The van der Waals surface area contributed by atoms with Gasteiger partial charge in [-0.05, 0) is 58.7 Å². The molecule has 2 aliphatic heterocycles. The number of non-ortho nitro benzene ring substituents is 1. The molecule has 3 amide bonds. The van der Waals surface area contributed by atoms with Crippen molar-refractivity contribution < 1.29 is 23.7 Å². The molecular formula is C20H16BrN3O6S. The van der Waals surface area contributed by atoms with Crippen molar-refractivity contribution in [2.24, 2.45) is 0 Å². The fourth-order valence-electron chi connectivity index (χ4n) is 3.36. The molecule has 11 heteroatoms. The Labute approximate surface area is 189 Å². The van der Waals surface area contributed by atoms with Crippen LogP contribution in [0.15, 0.2) is 44.1 Å². The highest BCUT2D eigenvalue weighted by Crippen LogP contribution is 2.35. The van der Waals surface area contributed by atoms with Crippen molar-refractivity contribution in [1.82, 2.24) is 9.80 Å². The van der Waals surface area contributed by atoms with E-state index >= 15 is 0 Å². The summed E-state index contributed by atoms with van der Waals surface area (Å²) in [7, 11) is 0. The van der Waals surface area contributed by atoms with Crippen molar-refractivity contribution in [3.63, 3.8) is 0 Å². The van der Waals surface area contributed by atoms with Crippen LogP contribution in [0.1, 0.15) is 18.6 Å². The maximum absolute atomic E-state index is 12.6. The summed E-state index contributed by atoms with van der Waals surface area (Å²) in [6.45, 7) is 1.04. The van der Waals surface area contributed by atoms with E-state index in [0.29, 0.717) is 34.6 Å². The number of carbonyl (C=O) groups excluding carboxylic acids is 3. The molecular weight excluding hydrogens is 490 g/mol. The highest BCUT2D eigenvalue weighted by atomic mass is 79.9. The van der Waals surface area contributed by atoms with Crippen molar-refractivity contribution in [1.29, 1.82) is 0 Å². The minimum absolute atomic E-state index is 0.0560. The van der Waals surface area contributed by atoms with E-state index < -0.39 is 16.1 Å². The molecule has 160 valence electrons. The lowest BCUT2D eigenvalue weighted by Crippen LogP contribution is -2.40. The Hall–Kier alpha value is -2.92. The molecule has 1 aromatic heterocycles. The van der Waals surface area contributed by atoms with Gasteiger partial charge in [-0.15, -0.1) is 0 Å². The van der Waals surface area contributed by atoms with Crippen LogP contribution in [0, 0.1) is 10.1 Å². The van der Waals surface area contributed by atoms with Crippen molar-refractivity contribution in [3.8, 4) is 11.3 Å². The van der Waals surface area contributed by atoms with Crippen LogP contribution in [0.5, 0.6) is 0 Å². The number of furan rings is 1. The molecule has 0 unspecified atom stereocenters. The fraction of sp³-hybridized carbons (Fsp3) is 0.250. The predicted octanol–water partition coefficient (Wildman–Crippen LogP) is 4.28. The molecule has 0 radical (unpaired) electrons. The molecule has 3 heterocycles. The zero-order valence-corrected chi connectivity index (χ0v) is 18.5. The van der Waals surface area contributed by atoms with Gasteiger partial charge in [0.1, 0.15) is 18.1 Å². The summed E-state index contributed by atoms with van der Waals surface area (Å²) in [5.41, 5.74) is 0.550. The van der Waals surface area contributed by atoms with Gasteiger partial charge in [-0.3, -0.25) is 29.4 Å². The Morgan fingerprint density at radius 1 is 1.23 bits per heavy atom. The lowest BCUT2D eigenvalue weighted by atomic mass is 10.1. The van der Waals surface area contributed by atoms with Gasteiger partial charge >= 0.3 is 0 Å². The third-order valence-electron chi connectivity index (χ3n) is 4.95. The predicted molar refractivity (Wildman–Crippen MR) is 117 cm³/mol. The van der Waals surface area contributed by atoms with E-state index in [9.17, 15) is 24.5 Å². The van der Waals surface area contributed by atoms with E-state index in [1.807, 2.05) is 0 Å². The van der Waals surface area contributed by atoms with Gasteiger partial charge in [0.05, 0.1) is 9.83 Å². The van der Waals surface area contributed by atoms with Gasteiger partial charge in [0.15, 0.2) is 0 Å². The van der Waals surface area contributed by atoms with Gasteiger partial charge in [0.2, 0.25) is 5.91 Å². The average molecular weight is 506 g/mol. The number of thioether (sulfide) groups is 1. The lowest BCUT2D eigenvalue weighted by molar-refractivity contribution is -0.384. The highest BCUT2D eigenvalue weighted by Gasteiger charge is 2.37. The maximum atomic E-state index is 12.6. The minimum atomic E-state index is -0.531. The third kappa shape index (κ3) is 4.42. The third-order valence-corrected chi connectivity index (χ3v) is 6.52. The summed E-state index contributed by atoms with van der Waals surface area (Å²) in [6, 6.07) is 7.60. The van der Waals surface area contributed by atoms with Gasteiger partial charge in [0, 0.05) is 41.3 Å². The normalized spacial score (nSPS) is 17.8. The number of nitro benzene ring substituents is 1. The molecule has 4 rings (SSSR count). The Morgan fingerprint density at radius 2 is 1.97 bits per heavy atom. The van der Waals surface area contributed by atoms with Gasteiger partial charge in [-0.1, -0.05) is 0 Å². The standard InChI is InChI=1S/C20H16BrN3O6S/c21-15-9-12(24(28)29)3-5-14(15)16-6-4-13(30-16)10-17-19(26)23(20(27)31-17)11-18(25)22-7-1-2-8-22/h3-6,9-10H,1-2,7-8,11H2/b17-10-. The van der Waals surface area contributed by atoms with E-state index in [1.165, 1.54) is 18.2 Å². The number of amides is 3. The second-order valence-electron chi connectivity index (χ2n) is 6.98. The van der Waals surface area contributed by atoms with E-state index in [2.05, 4.69) is 15.9 Å². The SMILES string of the molecule is O=C(CN1C(=O)S/C(=C\c2ccc(-c3ccc([N+](=O)[O-])cc3Br)o2)C1=O)N1CCCC1. The molecule has 0 saturated carbocycles. The van der Waals surface area contributed by atoms with Crippen molar-refractivity contribution in [3.05, 3.63) is 55.6 Å². The summed E-state index contributed by atoms with van der Waals surface area (Å²) >= 11 is 4.06. The number of benzene rings is 1. The molecule has 2 fully saturated rings. The first-order valence-electron chi connectivity index (χ1n) is 9.41. The number of nitrogens with zero attached hydrogens (tertiary/aromatic N) is 3. The highest BCUT2D eigenvalue weighted by molar-refractivity contribution is 9.10. The molecule has 2 aromatic rings. The summed E-state index contributed by atoms with van der Waals surface area (Å²) in [5, 5.41) is 10.4. The number of nitro groups is 1. The molecule has 2 aliphatic rings. The zero-order valence-electron chi connectivity index (χ0n) is 16.1. The summed E-state index contributed by atoms with van der Waals surface area (Å²) < 4.78 is 6.24. The van der Waals surface area contributed by atoms with Gasteiger partial charge in [-0.2, -0.15) is 0 Å². The second-order valence-corrected chi connectivity index (χ2v) is 8.83. The summed E-state index contributed by atoms with van der Waals surface area (Å²) in [4.78, 5) is 50.4. The van der Waals surface area contributed by atoms with Gasteiger partial charge < -0.3 is 9.32 Å². The number of hydrogen-bond acceptors (Lipinski definition) is 7. The largest absolute Gasteiger partial charge is 0.457 e. The van der Waals surface area contributed by atoms with Crippen LogP contribution in [-0.2, 0) is 9.59 Å². The first-order chi connectivity index (χ1) is 14.8. The van der Waals surface area contributed by atoms with Crippen LogP contribution >= 0.6 is 27.7 Å². The quantitative estimate of drug-likeness (QED) is 0.338. The Kier molecular flexibility index (Phi) is 5.96. The monoisotopic (exact) mass is 505 g/mol. The summed E-state index contributed by atoms with van der Waals surface area (Å²) in [5.74, 6) is 0.0226. The molecule has 2 saturated heterocycles. The van der Waals surface area contributed by atoms with Crippen molar-refractivity contribution in [2.45, 2.75) is 12.8 Å². The smallest absolute Gasteiger partial charge is 0.294 e. The average Bonchev–Trinajstić information content (AvgIpc) is 3.47. The lowest BCUT2D eigenvalue weighted by Gasteiger charge is -2.18. The molecule has 0 atom stereocenters. The van der Waals surface area contributed by atoms with Crippen LogP contribution < -0.4 is 0 Å². The molecule has 0 N–H and O–H groups in total. The van der Waals surface area contributed by atoms with E-state index in [-0.39, 0.29) is 23.0 Å². The number of imide groups is 1. The Morgan fingerprint density at radius 3 is 2.65 bits per heavy atom. The van der Waals surface area contributed by atoms with E-state index in [0.717, 1.165) is 29.5 Å². The van der Waals surface area contributed by atoms with Crippen molar-refractivity contribution in [2.75, 3.05) is 19.6 Å². The van der Waals surface area contributed by atoms with Crippen molar-refractivity contribution >= 4 is 56.5 Å². The molecule has 0 spiro atoms. The van der Waals surface area contributed by atoms with E-state index in [1.54, 1.807) is 23.1 Å². The van der Waals surface area contributed by atoms with Crippen LogP contribution in [0.3, 0.4) is 0 Å². The second kappa shape index (κ2) is 8.67. The number of halogens is 1. The Balaban J connectivity index is 1.50.